The summed E-state index contributed by atoms with van der Waals surface area (Å²) >= 11 is 5.21. The van der Waals surface area contributed by atoms with E-state index in [1.165, 1.54) is 30.6 Å². The molecule has 6 heteroatoms. The Morgan fingerprint density at radius 1 is 1.56 bits per heavy atom. The van der Waals surface area contributed by atoms with E-state index >= 15 is 0 Å². The predicted octanol–water partition coefficient (Wildman–Crippen LogP) is 3.00. The summed E-state index contributed by atoms with van der Waals surface area (Å²) in [6.45, 7) is 1.41. The third-order valence-corrected chi connectivity index (χ3v) is 5.00. The molecule has 0 aromatic carbocycles. The van der Waals surface area contributed by atoms with E-state index in [1.807, 2.05) is 0 Å². The van der Waals surface area contributed by atoms with Crippen molar-refractivity contribution in [2.45, 2.75) is 38.3 Å². The van der Waals surface area contributed by atoms with Crippen LogP contribution in [0.4, 0.5) is 0 Å². The highest BCUT2D eigenvalue weighted by Crippen LogP contribution is 2.27. The van der Waals surface area contributed by atoms with Gasteiger partial charge in [-0.3, -0.25) is 4.90 Å². The Hall–Kier alpha value is -0.590. The molecule has 0 aliphatic heterocycles. The SMILES string of the molecule is NC(CN(Cc1cc(Br)cs1)C1CCCC1)=NO. The van der Waals surface area contributed by atoms with E-state index in [1.54, 1.807) is 11.3 Å². The Morgan fingerprint density at radius 2 is 2.28 bits per heavy atom. The number of hydrogen-bond acceptors (Lipinski definition) is 4. The molecule has 1 fully saturated rings. The number of thiophene rings is 1. The number of rotatable bonds is 5. The first kappa shape index (κ1) is 13.8. The molecule has 0 radical (unpaired) electrons. The number of nitrogens with zero attached hydrogens (tertiary/aromatic N) is 2. The molecule has 0 atom stereocenters. The van der Waals surface area contributed by atoms with Crippen LogP contribution in [0.5, 0.6) is 0 Å². The topological polar surface area (TPSA) is 61.8 Å². The lowest BCUT2D eigenvalue weighted by Gasteiger charge is -2.27. The van der Waals surface area contributed by atoms with Crippen LogP contribution in [0.25, 0.3) is 0 Å². The van der Waals surface area contributed by atoms with Gasteiger partial charge in [0.05, 0.1) is 6.54 Å². The van der Waals surface area contributed by atoms with Crippen LogP contribution in [0, 0.1) is 0 Å². The van der Waals surface area contributed by atoms with Gasteiger partial charge in [-0.15, -0.1) is 11.3 Å². The Bertz CT molecular complexity index is 415. The van der Waals surface area contributed by atoms with Crippen molar-refractivity contribution in [2.24, 2.45) is 10.9 Å². The average Bonchev–Trinajstić information content (AvgIpc) is 2.99. The second-order valence-electron chi connectivity index (χ2n) is 4.67. The molecule has 0 unspecified atom stereocenters. The van der Waals surface area contributed by atoms with Crippen molar-refractivity contribution in [3.05, 3.63) is 20.8 Å². The van der Waals surface area contributed by atoms with Crippen molar-refractivity contribution in [3.63, 3.8) is 0 Å². The molecular weight excluding hydrogens is 314 g/mol. The van der Waals surface area contributed by atoms with E-state index in [0.717, 1.165) is 11.0 Å². The molecule has 0 amide bonds. The van der Waals surface area contributed by atoms with E-state index in [4.69, 9.17) is 10.9 Å². The lowest BCUT2D eigenvalue weighted by Crippen LogP contribution is -2.39. The van der Waals surface area contributed by atoms with Gasteiger partial charge in [0.25, 0.3) is 0 Å². The summed E-state index contributed by atoms with van der Waals surface area (Å²) in [5.41, 5.74) is 5.65. The van der Waals surface area contributed by atoms with Crippen LogP contribution in [0.3, 0.4) is 0 Å². The number of nitrogens with two attached hydrogens (primary N) is 1. The fraction of sp³-hybridized carbons (Fsp3) is 0.583. The molecule has 0 spiro atoms. The van der Waals surface area contributed by atoms with E-state index in [0.29, 0.717) is 12.6 Å². The Kier molecular flexibility index (Phi) is 5.03. The Balaban J connectivity index is 2.03. The molecule has 1 aliphatic carbocycles. The molecule has 1 heterocycles. The summed E-state index contributed by atoms with van der Waals surface area (Å²) < 4.78 is 1.12. The van der Waals surface area contributed by atoms with Crippen molar-refractivity contribution in [3.8, 4) is 0 Å². The summed E-state index contributed by atoms with van der Waals surface area (Å²) in [7, 11) is 0. The minimum absolute atomic E-state index is 0.289. The van der Waals surface area contributed by atoms with Gasteiger partial charge in [-0.1, -0.05) is 18.0 Å². The molecule has 100 valence electrons. The molecule has 0 saturated heterocycles. The molecule has 1 saturated carbocycles. The van der Waals surface area contributed by atoms with Gasteiger partial charge in [-0.05, 0) is 34.8 Å². The van der Waals surface area contributed by atoms with E-state index < -0.39 is 0 Å². The number of halogens is 1. The zero-order valence-electron chi connectivity index (χ0n) is 10.2. The lowest BCUT2D eigenvalue weighted by atomic mass is 10.2. The van der Waals surface area contributed by atoms with Gasteiger partial charge in [0.15, 0.2) is 5.84 Å². The highest BCUT2D eigenvalue weighted by molar-refractivity contribution is 9.10. The van der Waals surface area contributed by atoms with Crippen molar-refractivity contribution in [1.29, 1.82) is 0 Å². The third kappa shape index (κ3) is 3.70. The largest absolute Gasteiger partial charge is 0.409 e. The molecule has 18 heavy (non-hydrogen) atoms. The molecular formula is C12H18BrN3OS. The highest BCUT2D eigenvalue weighted by atomic mass is 79.9. The summed E-state index contributed by atoms with van der Waals surface area (Å²) in [5.74, 6) is 0.289. The third-order valence-electron chi connectivity index (χ3n) is 3.32. The number of hydrogen-bond donors (Lipinski definition) is 2. The summed E-state index contributed by atoms with van der Waals surface area (Å²) in [4.78, 5) is 3.62. The van der Waals surface area contributed by atoms with Crippen molar-refractivity contribution in [2.75, 3.05) is 6.54 Å². The molecule has 0 bridgehead atoms. The van der Waals surface area contributed by atoms with Crippen LogP contribution < -0.4 is 5.73 Å². The fourth-order valence-electron chi connectivity index (χ4n) is 2.46. The molecule has 1 aliphatic rings. The van der Waals surface area contributed by atoms with Gasteiger partial charge in [0.2, 0.25) is 0 Å². The van der Waals surface area contributed by atoms with Gasteiger partial charge >= 0.3 is 0 Å². The van der Waals surface area contributed by atoms with Gasteiger partial charge in [0.1, 0.15) is 0 Å². The van der Waals surface area contributed by atoms with Gasteiger partial charge in [0, 0.05) is 27.3 Å². The van der Waals surface area contributed by atoms with E-state index in [-0.39, 0.29) is 5.84 Å². The molecule has 2 rings (SSSR count). The van der Waals surface area contributed by atoms with Crippen LogP contribution >= 0.6 is 27.3 Å². The summed E-state index contributed by atoms with van der Waals surface area (Å²) in [6, 6.07) is 2.70. The first-order valence-electron chi connectivity index (χ1n) is 6.12. The van der Waals surface area contributed by atoms with Crippen molar-refractivity contribution >= 4 is 33.1 Å². The van der Waals surface area contributed by atoms with E-state index in [9.17, 15) is 0 Å². The van der Waals surface area contributed by atoms with Crippen LogP contribution in [-0.2, 0) is 6.54 Å². The normalized spacial score (nSPS) is 17.8. The quantitative estimate of drug-likeness (QED) is 0.377. The first-order valence-corrected chi connectivity index (χ1v) is 7.79. The van der Waals surface area contributed by atoms with Crippen LogP contribution in [-0.4, -0.2) is 28.5 Å². The lowest BCUT2D eigenvalue weighted by molar-refractivity contribution is 0.216. The maximum atomic E-state index is 8.73. The minimum atomic E-state index is 0.289. The van der Waals surface area contributed by atoms with Crippen LogP contribution in [0.1, 0.15) is 30.6 Å². The van der Waals surface area contributed by atoms with Crippen LogP contribution in [0.15, 0.2) is 21.1 Å². The minimum Gasteiger partial charge on any atom is -0.409 e. The second-order valence-corrected chi connectivity index (χ2v) is 6.58. The van der Waals surface area contributed by atoms with Gasteiger partial charge in [-0.2, -0.15) is 0 Å². The fourth-order valence-corrected chi connectivity index (χ4v) is 3.94. The maximum absolute atomic E-state index is 8.73. The smallest absolute Gasteiger partial charge is 0.153 e. The summed E-state index contributed by atoms with van der Waals surface area (Å²) in [6.07, 6.45) is 4.99. The zero-order valence-corrected chi connectivity index (χ0v) is 12.6. The molecule has 4 nitrogen and oxygen atoms in total. The molecule has 1 aromatic heterocycles. The predicted molar refractivity (Wildman–Crippen MR) is 78.1 cm³/mol. The van der Waals surface area contributed by atoms with Crippen LogP contribution in [0.2, 0.25) is 0 Å². The maximum Gasteiger partial charge on any atom is 0.153 e. The van der Waals surface area contributed by atoms with Gasteiger partial charge < -0.3 is 10.9 Å². The molecule has 1 aromatic rings. The number of oxime groups is 1. The first-order chi connectivity index (χ1) is 8.69. The number of amidine groups is 1. The Labute approximate surface area is 120 Å². The van der Waals surface area contributed by atoms with Crippen molar-refractivity contribution in [1.82, 2.24) is 4.90 Å². The molecule has 3 N–H and O–H groups in total. The highest BCUT2D eigenvalue weighted by Gasteiger charge is 2.23. The standard InChI is InChI=1S/C12H18BrN3OS/c13-9-5-11(18-8-9)6-16(7-12(14)15-17)10-3-1-2-4-10/h5,8,10,17H,1-4,6-7H2,(H2,14,15). The van der Waals surface area contributed by atoms with Gasteiger partial charge in [-0.25, -0.2) is 0 Å². The monoisotopic (exact) mass is 331 g/mol. The van der Waals surface area contributed by atoms with Crippen molar-refractivity contribution < 1.29 is 5.21 Å². The van der Waals surface area contributed by atoms with E-state index in [2.05, 4.69) is 37.4 Å². The second kappa shape index (κ2) is 6.54. The average molecular weight is 332 g/mol. The Morgan fingerprint density at radius 3 is 2.83 bits per heavy atom. The summed E-state index contributed by atoms with van der Waals surface area (Å²) in [5, 5.41) is 13.9. The zero-order chi connectivity index (χ0) is 13.0.